The fourth-order valence-electron chi connectivity index (χ4n) is 3.79. The van der Waals surface area contributed by atoms with E-state index in [0.29, 0.717) is 12.5 Å². The second-order valence-electron chi connectivity index (χ2n) is 6.22. The molecule has 1 saturated carbocycles. The Labute approximate surface area is 129 Å². The fraction of sp³-hybridized carbons (Fsp3) is 0.625. The van der Waals surface area contributed by atoms with Gasteiger partial charge in [-0.05, 0) is 37.0 Å². The summed E-state index contributed by atoms with van der Waals surface area (Å²) in [5, 5.41) is 10.8. The lowest BCUT2D eigenvalue weighted by molar-refractivity contribution is -0.0612. The number of benzene rings is 1. The van der Waals surface area contributed by atoms with E-state index in [1.807, 2.05) is 6.07 Å². The van der Waals surface area contributed by atoms with Crippen LogP contribution in [0, 0.1) is 5.92 Å². The number of nitrogens with zero attached hydrogens (tertiary/aromatic N) is 1. The molecule has 3 nitrogen and oxygen atoms in total. The molecule has 20 heavy (non-hydrogen) atoms. The molecule has 0 spiro atoms. The van der Waals surface area contributed by atoms with E-state index in [-0.39, 0.29) is 0 Å². The minimum Gasteiger partial charge on any atom is -0.389 e. The van der Waals surface area contributed by atoms with Gasteiger partial charge in [-0.1, -0.05) is 34.8 Å². The molecule has 0 radical (unpaired) electrons. The zero-order valence-electron chi connectivity index (χ0n) is 11.8. The van der Waals surface area contributed by atoms with Gasteiger partial charge in [0.25, 0.3) is 0 Å². The standard InChI is InChI=1S/C16H23BrN2O/c17-14-5-4-12(10-18)15(9-14)19-8-7-16(20)6-2-1-3-13(16)11-19/h4-5,9,13,20H,1-3,6-8,10-11,18H2. The zero-order valence-corrected chi connectivity index (χ0v) is 13.4. The van der Waals surface area contributed by atoms with Gasteiger partial charge in [-0.25, -0.2) is 0 Å². The van der Waals surface area contributed by atoms with Gasteiger partial charge in [-0.2, -0.15) is 0 Å². The van der Waals surface area contributed by atoms with Gasteiger partial charge in [0, 0.05) is 35.7 Å². The van der Waals surface area contributed by atoms with Crippen molar-refractivity contribution in [3.8, 4) is 0 Å². The number of hydrogen-bond donors (Lipinski definition) is 2. The largest absolute Gasteiger partial charge is 0.389 e. The number of halogens is 1. The molecule has 110 valence electrons. The number of rotatable bonds is 2. The molecule has 1 aliphatic carbocycles. The topological polar surface area (TPSA) is 49.5 Å². The van der Waals surface area contributed by atoms with Crippen LogP contribution in [0.1, 0.15) is 37.7 Å². The summed E-state index contributed by atoms with van der Waals surface area (Å²) in [5.41, 5.74) is 7.88. The third-order valence-corrected chi connectivity index (χ3v) is 5.53. The van der Waals surface area contributed by atoms with Crippen molar-refractivity contribution in [2.75, 3.05) is 18.0 Å². The maximum Gasteiger partial charge on any atom is 0.0709 e. The zero-order chi connectivity index (χ0) is 14.2. The second kappa shape index (κ2) is 5.66. The molecule has 4 heteroatoms. The van der Waals surface area contributed by atoms with Crippen LogP contribution in [0.15, 0.2) is 22.7 Å². The smallest absolute Gasteiger partial charge is 0.0709 e. The number of nitrogens with two attached hydrogens (primary N) is 1. The first-order valence-electron chi connectivity index (χ1n) is 7.58. The molecular formula is C16H23BrN2O. The van der Waals surface area contributed by atoms with Crippen molar-refractivity contribution in [1.29, 1.82) is 0 Å². The van der Waals surface area contributed by atoms with Gasteiger partial charge in [0.2, 0.25) is 0 Å². The number of anilines is 1. The lowest BCUT2D eigenvalue weighted by Gasteiger charge is -2.48. The minimum absolute atomic E-state index is 0.412. The molecule has 0 amide bonds. The quantitative estimate of drug-likeness (QED) is 0.871. The molecule has 1 saturated heterocycles. The Morgan fingerprint density at radius 3 is 3.00 bits per heavy atom. The van der Waals surface area contributed by atoms with Crippen LogP contribution in [-0.4, -0.2) is 23.8 Å². The maximum atomic E-state index is 10.8. The monoisotopic (exact) mass is 338 g/mol. The average Bonchev–Trinajstić information content (AvgIpc) is 2.46. The number of hydrogen-bond acceptors (Lipinski definition) is 3. The van der Waals surface area contributed by atoms with Crippen LogP contribution in [0.25, 0.3) is 0 Å². The van der Waals surface area contributed by atoms with E-state index in [1.165, 1.54) is 24.1 Å². The van der Waals surface area contributed by atoms with Crippen molar-refractivity contribution in [3.63, 3.8) is 0 Å². The summed E-state index contributed by atoms with van der Waals surface area (Å²) in [6.45, 7) is 2.45. The van der Waals surface area contributed by atoms with Gasteiger partial charge in [0.05, 0.1) is 5.60 Å². The molecule has 1 aromatic carbocycles. The van der Waals surface area contributed by atoms with Crippen LogP contribution in [0.2, 0.25) is 0 Å². The van der Waals surface area contributed by atoms with Gasteiger partial charge in [-0.15, -0.1) is 0 Å². The predicted octanol–water partition coefficient (Wildman–Crippen LogP) is 3.04. The van der Waals surface area contributed by atoms with Crippen molar-refractivity contribution in [2.24, 2.45) is 11.7 Å². The first-order valence-corrected chi connectivity index (χ1v) is 8.37. The Balaban J connectivity index is 1.84. The fourth-order valence-corrected chi connectivity index (χ4v) is 4.14. The van der Waals surface area contributed by atoms with E-state index in [0.717, 1.165) is 36.8 Å². The maximum absolute atomic E-state index is 10.8. The number of fused-ring (bicyclic) bond motifs is 1. The molecule has 1 heterocycles. The van der Waals surface area contributed by atoms with E-state index in [1.54, 1.807) is 0 Å². The van der Waals surface area contributed by atoms with Gasteiger partial charge >= 0.3 is 0 Å². The minimum atomic E-state index is -0.413. The van der Waals surface area contributed by atoms with E-state index in [9.17, 15) is 5.11 Å². The molecule has 2 aliphatic rings. The number of piperidine rings is 1. The van der Waals surface area contributed by atoms with Crippen LogP contribution in [-0.2, 0) is 6.54 Å². The summed E-state index contributed by atoms with van der Waals surface area (Å²) in [6, 6.07) is 6.31. The molecule has 2 atom stereocenters. The van der Waals surface area contributed by atoms with E-state index in [4.69, 9.17) is 5.73 Å². The van der Waals surface area contributed by atoms with Crippen molar-refractivity contribution in [3.05, 3.63) is 28.2 Å². The summed E-state index contributed by atoms with van der Waals surface area (Å²) >= 11 is 3.55. The highest BCUT2D eigenvalue weighted by Gasteiger charge is 2.42. The normalized spacial score (nSPS) is 30.1. The predicted molar refractivity (Wildman–Crippen MR) is 85.8 cm³/mol. The Kier molecular flexibility index (Phi) is 4.07. The molecule has 1 aromatic rings. The van der Waals surface area contributed by atoms with E-state index >= 15 is 0 Å². The summed E-state index contributed by atoms with van der Waals surface area (Å²) in [4.78, 5) is 2.41. The highest BCUT2D eigenvalue weighted by atomic mass is 79.9. The van der Waals surface area contributed by atoms with Crippen molar-refractivity contribution in [2.45, 2.75) is 44.2 Å². The molecular weight excluding hydrogens is 316 g/mol. The third kappa shape index (κ3) is 2.61. The Hall–Kier alpha value is -0.580. The highest BCUT2D eigenvalue weighted by Crippen LogP contribution is 2.41. The summed E-state index contributed by atoms with van der Waals surface area (Å²) < 4.78 is 1.09. The lowest BCUT2D eigenvalue weighted by Crippen LogP contribution is -2.53. The summed E-state index contributed by atoms with van der Waals surface area (Å²) in [5.74, 6) is 0.412. The van der Waals surface area contributed by atoms with Gasteiger partial charge in [0.1, 0.15) is 0 Å². The Morgan fingerprint density at radius 2 is 2.20 bits per heavy atom. The van der Waals surface area contributed by atoms with Crippen LogP contribution < -0.4 is 10.6 Å². The Morgan fingerprint density at radius 1 is 1.35 bits per heavy atom. The van der Waals surface area contributed by atoms with Gasteiger partial charge in [0.15, 0.2) is 0 Å². The van der Waals surface area contributed by atoms with E-state index in [2.05, 4.69) is 33.0 Å². The molecule has 0 aromatic heterocycles. The van der Waals surface area contributed by atoms with Gasteiger partial charge in [-0.3, -0.25) is 0 Å². The molecule has 1 aliphatic heterocycles. The van der Waals surface area contributed by atoms with Gasteiger partial charge < -0.3 is 15.7 Å². The van der Waals surface area contributed by atoms with Crippen LogP contribution in [0.5, 0.6) is 0 Å². The van der Waals surface area contributed by atoms with Crippen molar-refractivity contribution < 1.29 is 5.11 Å². The first-order chi connectivity index (χ1) is 9.62. The summed E-state index contributed by atoms with van der Waals surface area (Å²) in [6.07, 6.45) is 5.45. The lowest BCUT2D eigenvalue weighted by atomic mass is 9.71. The van der Waals surface area contributed by atoms with E-state index < -0.39 is 5.60 Å². The molecule has 2 fully saturated rings. The third-order valence-electron chi connectivity index (χ3n) is 5.04. The second-order valence-corrected chi connectivity index (χ2v) is 7.14. The number of aliphatic hydroxyl groups is 1. The molecule has 0 bridgehead atoms. The molecule has 3 N–H and O–H groups in total. The van der Waals surface area contributed by atoms with Crippen molar-refractivity contribution in [1.82, 2.24) is 0 Å². The molecule has 2 unspecified atom stereocenters. The van der Waals surface area contributed by atoms with Crippen LogP contribution in [0.3, 0.4) is 0 Å². The average molecular weight is 339 g/mol. The summed E-state index contributed by atoms with van der Waals surface area (Å²) in [7, 11) is 0. The van der Waals surface area contributed by atoms with Crippen LogP contribution >= 0.6 is 15.9 Å². The van der Waals surface area contributed by atoms with Crippen molar-refractivity contribution >= 4 is 21.6 Å². The Bertz CT molecular complexity index is 493. The SMILES string of the molecule is NCc1ccc(Br)cc1N1CCC2(O)CCCCC2C1. The highest BCUT2D eigenvalue weighted by molar-refractivity contribution is 9.10. The molecule has 3 rings (SSSR count). The first kappa shape index (κ1) is 14.4. The van der Waals surface area contributed by atoms with Crippen LogP contribution in [0.4, 0.5) is 5.69 Å².